The zero-order valence-corrected chi connectivity index (χ0v) is 9.57. The van der Waals surface area contributed by atoms with Crippen LogP contribution in [0.25, 0.3) is 0 Å². The lowest BCUT2D eigenvalue weighted by Gasteiger charge is -2.39. The van der Waals surface area contributed by atoms with Crippen molar-refractivity contribution >= 4 is 0 Å². The molecular weight excluding hydrogens is 188 g/mol. The first kappa shape index (κ1) is 11.4. The molecule has 2 aliphatic rings. The van der Waals surface area contributed by atoms with E-state index in [4.69, 9.17) is 5.73 Å². The van der Waals surface area contributed by atoms with E-state index in [-0.39, 0.29) is 6.10 Å². The predicted octanol–water partition coefficient (Wildman–Crippen LogP) is 0.961. The molecule has 3 nitrogen and oxygen atoms in total. The van der Waals surface area contributed by atoms with Crippen molar-refractivity contribution in [2.45, 2.75) is 50.7 Å². The molecule has 3 heteroatoms. The van der Waals surface area contributed by atoms with Crippen molar-refractivity contribution in [2.75, 3.05) is 19.6 Å². The van der Waals surface area contributed by atoms with Gasteiger partial charge in [0.1, 0.15) is 0 Å². The maximum atomic E-state index is 9.46. The number of nitrogens with zero attached hydrogens (tertiary/aromatic N) is 1. The van der Waals surface area contributed by atoms with Gasteiger partial charge in [-0.3, -0.25) is 0 Å². The first-order valence-corrected chi connectivity index (χ1v) is 6.41. The molecule has 15 heavy (non-hydrogen) atoms. The van der Waals surface area contributed by atoms with Gasteiger partial charge in [-0.25, -0.2) is 0 Å². The average Bonchev–Trinajstić information content (AvgIpc) is 2.30. The van der Waals surface area contributed by atoms with Gasteiger partial charge in [0.05, 0.1) is 6.10 Å². The third kappa shape index (κ3) is 2.92. The second-order valence-corrected chi connectivity index (χ2v) is 5.18. The van der Waals surface area contributed by atoms with Crippen LogP contribution in [0, 0.1) is 5.92 Å². The molecule has 0 spiro atoms. The van der Waals surface area contributed by atoms with E-state index in [1.165, 1.54) is 25.7 Å². The molecule has 1 aliphatic carbocycles. The number of nitrogens with two attached hydrogens (primary N) is 1. The van der Waals surface area contributed by atoms with E-state index in [0.717, 1.165) is 44.4 Å². The molecule has 0 atom stereocenters. The molecule has 1 saturated carbocycles. The monoisotopic (exact) mass is 212 g/mol. The molecule has 1 heterocycles. The standard InChI is InChI=1S/C12H24N2O/c13-9-10-1-3-11(4-2-10)14-7-5-12(15)6-8-14/h10-12,15H,1-9,13H2. The molecule has 0 amide bonds. The fraction of sp³-hybridized carbons (Fsp3) is 1.00. The summed E-state index contributed by atoms with van der Waals surface area (Å²) in [6, 6.07) is 0.778. The minimum absolute atomic E-state index is 0.0402. The number of hydrogen-bond donors (Lipinski definition) is 2. The molecule has 2 fully saturated rings. The summed E-state index contributed by atoms with van der Waals surface area (Å²) >= 11 is 0. The molecule has 0 aromatic carbocycles. The SMILES string of the molecule is NCC1CCC(N2CCC(O)CC2)CC1. The number of piperidine rings is 1. The van der Waals surface area contributed by atoms with Crippen LogP contribution >= 0.6 is 0 Å². The minimum atomic E-state index is -0.0402. The normalized spacial score (nSPS) is 35.6. The number of likely N-dealkylation sites (tertiary alicyclic amines) is 1. The van der Waals surface area contributed by atoms with Crippen LogP contribution in [0.1, 0.15) is 38.5 Å². The molecule has 0 aromatic heterocycles. The van der Waals surface area contributed by atoms with Crippen LogP contribution in [0.3, 0.4) is 0 Å². The third-order valence-electron chi connectivity index (χ3n) is 4.17. The van der Waals surface area contributed by atoms with Crippen LogP contribution in [-0.4, -0.2) is 41.8 Å². The van der Waals surface area contributed by atoms with Crippen LogP contribution < -0.4 is 5.73 Å². The lowest BCUT2D eigenvalue weighted by Crippen LogP contribution is -2.44. The van der Waals surface area contributed by atoms with Crippen LogP contribution in [0.2, 0.25) is 0 Å². The molecule has 0 aromatic rings. The van der Waals surface area contributed by atoms with Gasteiger partial charge in [0.25, 0.3) is 0 Å². The Bertz CT molecular complexity index is 182. The topological polar surface area (TPSA) is 49.5 Å². The van der Waals surface area contributed by atoms with Crippen LogP contribution in [0.15, 0.2) is 0 Å². The van der Waals surface area contributed by atoms with Crippen LogP contribution in [-0.2, 0) is 0 Å². The zero-order valence-electron chi connectivity index (χ0n) is 9.57. The Morgan fingerprint density at radius 2 is 1.60 bits per heavy atom. The van der Waals surface area contributed by atoms with Crippen molar-refractivity contribution in [3.05, 3.63) is 0 Å². The summed E-state index contributed by atoms with van der Waals surface area (Å²) in [7, 11) is 0. The molecule has 0 radical (unpaired) electrons. The third-order valence-corrected chi connectivity index (χ3v) is 4.17. The summed E-state index contributed by atoms with van der Waals surface area (Å²) in [5.41, 5.74) is 5.70. The van der Waals surface area contributed by atoms with E-state index in [1.807, 2.05) is 0 Å². The predicted molar refractivity (Wildman–Crippen MR) is 61.6 cm³/mol. The van der Waals surface area contributed by atoms with Crippen molar-refractivity contribution in [3.63, 3.8) is 0 Å². The van der Waals surface area contributed by atoms with Crippen molar-refractivity contribution in [1.29, 1.82) is 0 Å². The molecule has 0 unspecified atom stereocenters. The number of hydrogen-bond acceptors (Lipinski definition) is 3. The zero-order chi connectivity index (χ0) is 10.7. The smallest absolute Gasteiger partial charge is 0.0564 e. The minimum Gasteiger partial charge on any atom is -0.393 e. The Balaban J connectivity index is 1.75. The molecular formula is C12H24N2O. The molecule has 0 bridgehead atoms. The van der Waals surface area contributed by atoms with E-state index in [0.29, 0.717) is 0 Å². The number of aliphatic hydroxyl groups excluding tert-OH is 1. The first-order valence-electron chi connectivity index (χ1n) is 6.41. The summed E-state index contributed by atoms with van der Waals surface area (Å²) in [5.74, 6) is 0.775. The second-order valence-electron chi connectivity index (χ2n) is 5.18. The Morgan fingerprint density at radius 1 is 1.00 bits per heavy atom. The number of rotatable bonds is 2. The summed E-state index contributed by atoms with van der Waals surface area (Å²) in [5, 5.41) is 9.46. The van der Waals surface area contributed by atoms with E-state index in [2.05, 4.69) is 4.90 Å². The van der Waals surface area contributed by atoms with Crippen molar-refractivity contribution in [1.82, 2.24) is 4.90 Å². The lowest BCUT2D eigenvalue weighted by molar-refractivity contribution is 0.0458. The highest BCUT2D eigenvalue weighted by molar-refractivity contribution is 4.83. The maximum absolute atomic E-state index is 9.46. The maximum Gasteiger partial charge on any atom is 0.0564 e. The fourth-order valence-corrected chi connectivity index (χ4v) is 3.00. The van der Waals surface area contributed by atoms with Crippen LogP contribution in [0.4, 0.5) is 0 Å². The molecule has 3 N–H and O–H groups in total. The lowest BCUT2D eigenvalue weighted by atomic mass is 9.85. The van der Waals surface area contributed by atoms with Gasteiger partial charge in [-0.15, -0.1) is 0 Å². The summed E-state index contributed by atoms with van der Waals surface area (Å²) in [6.07, 6.45) is 7.14. The summed E-state index contributed by atoms with van der Waals surface area (Å²) in [4.78, 5) is 2.58. The largest absolute Gasteiger partial charge is 0.393 e. The van der Waals surface area contributed by atoms with E-state index in [1.54, 1.807) is 0 Å². The summed E-state index contributed by atoms with van der Waals surface area (Å²) < 4.78 is 0. The van der Waals surface area contributed by atoms with Gasteiger partial charge in [0.2, 0.25) is 0 Å². The highest BCUT2D eigenvalue weighted by atomic mass is 16.3. The quantitative estimate of drug-likeness (QED) is 0.717. The van der Waals surface area contributed by atoms with Gasteiger partial charge in [0.15, 0.2) is 0 Å². The molecule has 1 saturated heterocycles. The van der Waals surface area contributed by atoms with Crippen molar-refractivity contribution in [3.8, 4) is 0 Å². The van der Waals surface area contributed by atoms with Crippen LogP contribution in [0.5, 0.6) is 0 Å². The summed E-state index contributed by atoms with van der Waals surface area (Å²) in [6.45, 7) is 3.06. The van der Waals surface area contributed by atoms with Gasteiger partial charge >= 0.3 is 0 Å². The van der Waals surface area contributed by atoms with E-state index < -0.39 is 0 Å². The van der Waals surface area contributed by atoms with E-state index >= 15 is 0 Å². The van der Waals surface area contributed by atoms with Gasteiger partial charge in [-0.1, -0.05) is 0 Å². The second kappa shape index (κ2) is 5.28. The van der Waals surface area contributed by atoms with Crippen molar-refractivity contribution in [2.24, 2.45) is 11.7 Å². The van der Waals surface area contributed by atoms with Gasteiger partial charge in [-0.05, 0) is 51.0 Å². The Morgan fingerprint density at radius 3 is 2.13 bits per heavy atom. The average molecular weight is 212 g/mol. The van der Waals surface area contributed by atoms with Gasteiger partial charge in [0, 0.05) is 19.1 Å². The molecule has 88 valence electrons. The first-order chi connectivity index (χ1) is 7.29. The Kier molecular flexibility index (Phi) is 4.00. The van der Waals surface area contributed by atoms with E-state index in [9.17, 15) is 5.11 Å². The Labute approximate surface area is 92.6 Å². The molecule has 2 rings (SSSR count). The Hall–Kier alpha value is -0.120. The van der Waals surface area contributed by atoms with Gasteiger partial charge < -0.3 is 15.7 Å². The van der Waals surface area contributed by atoms with Crippen molar-refractivity contribution < 1.29 is 5.11 Å². The number of aliphatic hydroxyl groups is 1. The fourth-order valence-electron chi connectivity index (χ4n) is 3.00. The molecule has 1 aliphatic heterocycles. The highest BCUT2D eigenvalue weighted by Crippen LogP contribution is 2.28. The van der Waals surface area contributed by atoms with Gasteiger partial charge in [-0.2, -0.15) is 0 Å². The highest BCUT2D eigenvalue weighted by Gasteiger charge is 2.27.